The Kier molecular flexibility index (Phi) is 4.48. The molecule has 0 bridgehead atoms. The molecule has 18 heavy (non-hydrogen) atoms. The molecule has 1 aliphatic heterocycles. The molecule has 0 saturated carbocycles. The van der Waals surface area contributed by atoms with Crippen LogP contribution in [-0.2, 0) is 0 Å². The molecule has 0 spiro atoms. The summed E-state index contributed by atoms with van der Waals surface area (Å²) in [7, 11) is 0. The Hall–Kier alpha value is -0.780. The molecule has 1 aromatic rings. The summed E-state index contributed by atoms with van der Waals surface area (Å²) >= 11 is 3.46. The number of benzene rings is 1. The lowest BCUT2D eigenvalue weighted by atomic mass is 9.98. The summed E-state index contributed by atoms with van der Waals surface area (Å²) in [6.45, 7) is 2.33. The van der Waals surface area contributed by atoms with Gasteiger partial charge in [-0.15, -0.1) is 0 Å². The fourth-order valence-electron chi connectivity index (χ4n) is 1.99. The van der Waals surface area contributed by atoms with Gasteiger partial charge in [0.05, 0.1) is 12.1 Å². The van der Waals surface area contributed by atoms with Crippen molar-refractivity contribution in [2.24, 2.45) is 5.73 Å². The molecule has 0 saturated heterocycles. The summed E-state index contributed by atoms with van der Waals surface area (Å²) in [4.78, 5) is 0. The highest BCUT2D eigenvalue weighted by Crippen LogP contribution is 2.39. The predicted octanol–water partition coefficient (Wildman–Crippen LogP) is 2.73. The molecule has 0 aromatic heterocycles. The predicted molar refractivity (Wildman–Crippen MR) is 72.7 cm³/mol. The largest absolute Gasteiger partial charge is 0.454 e. The van der Waals surface area contributed by atoms with Crippen molar-refractivity contribution in [3.8, 4) is 11.5 Å². The van der Waals surface area contributed by atoms with Gasteiger partial charge in [-0.25, -0.2) is 0 Å². The molecule has 100 valence electrons. The summed E-state index contributed by atoms with van der Waals surface area (Å²) in [6.07, 6.45) is 2.18. The van der Waals surface area contributed by atoms with Gasteiger partial charge in [-0.05, 0) is 24.1 Å². The number of rotatable bonds is 5. The number of aliphatic hydroxyl groups is 1. The van der Waals surface area contributed by atoms with E-state index in [0.29, 0.717) is 17.9 Å². The van der Waals surface area contributed by atoms with Gasteiger partial charge < -0.3 is 20.3 Å². The number of nitrogens with two attached hydrogens (primary N) is 1. The lowest BCUT2D eigenvalue weighted by molar-refractivity contribution is 0.132. The molecule has 0 fully saturated rings. The zero-order chi connectivity index (χ0) is 13.1. The molecular formula is C13H18BrNO3. The van der Waals surface area contributed by atoms with Crippen LogP contribution in [0.15, 0.2) is 16.6 Å². The Bertz CT molecular complexity index is 425. The maximum absolute atomic E-state index is 10.1. The average molecular weight is 316 g/mol. The third-order valence-corrected chi connectivity index (χ3v) is 3.81. The van der Waals surface area contributed by atoms with Crippen LogP contribution < -0.4 is 15.2 Å². The molecule has 0 amide bonds. The Morgan fingerprint density at radius 3 is 2.72 bits per heavy atom. The molecule has 1 heterocycles. The van der Waals surface area contributed by atoms with Gasteiger partial charge in [0.15, 0.2) is 11.5 Å². The van der Waals surface area contributed by atoms with Crippen LogP contribution in [0.2, 0.25) is 0 Å². The maximum atomic E-state index is 10.1. The van der Waals surface area contributed by atoms with Crippen LogP contribution in [0, 0.1) is 0 Å². The van der Waals surface area contributed by atoms with Crippen LogP contribution in [0.3, 0.4) is 0 Å². The number of fused-ring (bicyclic) bond motifs is 1. The van der Waals surface area contributed by atoms with E-state index in [1.54, 1.807) is 0 Å². The smallest absolute Gasteiger partial charge is 0.231 e. The summed E-state index contributed by atoms with van der Waals surface area (Å²) in [5.74, 6) is 1.40. The molecule has 5 heteroatoms. The van der Waals surface area contributed by atoms with Crippen molar-refractivity contribution >= 4 is 15.9 Å². The van der Waals surface area contributed by atoms with Gasteiger partial charge in [-0.1, -0.05) is 35.7 Å². The molecule has 0 radical (unpaired) electrons. The van der Waals surface area contributed by atoms with Crippen molar-refractivity contribution in [1.29, 1.82) is 0 Å². The van der Waals surface area contributed by atoms with E-state index in [1.807, 2.05) is 12.1 Å². The fourth-order valence-corrected chi connectivity index (χ4v) is 2.58. The molecule has 0 unspecified atom stereocenters. The van der Waals surface area contributed by atoms with E-state index in [0.717, 1.165) is 22.9 Å². The van der Waals surface area contributed by atoms with Crippen LogP contribution in [0.25, 0.3) is 0 Å². The first-order valence-corrected chi connectivity index (χ1v) is 6.95. The van der Waals surface area contributed by atoms with Gasteiger partial charge in [0, 0.05) is 4.47 Å². The monoisotopic (exact) mass is 315 g/mol. The average Bonchev–Trinajstić information content (AvgIpc) is 2.81. The van der Waals surface area contributed by atoms with E-state index >= 15 is 0 Å². The lowest BCUT2D eigenvalue weighted by Gasteiger charge is -2.20. The third-order valence-electron chi connectivity index (χ3n) is 3.12. The normalized spacial score (nSPS) is 16.7. The van der Waals surface area contributed by atoms with E-state index in [-0.39, 0.29) is 6.79 Å². The van der Waals surface area contributed by atoms with E-state index in [1.165, 1.54) is 0 Å². The number of hydrogen-bond acceptors (Lipinski definition) is 4. The molecule has 1 aromatic carbocycles. The van der Waals surface area contributed by atoms with Crippen molar-refractivity contribution in [2.75, 3.05) is 6.79 Å². The van der Waals surface area contributed by atoms with Gasteiger partial charge in [-0.3, -0.25) is 0 Å². The summed E-state index contributed by atoms with van der Waals surface area (Å²) in [5, 5.41) is 10.1. The number of halogens is 1. The van der Waals surface area contributed by atoms with E-state index in [4.69, 9.17) is 15.2 Å². The minimum Gasteiger partial charge on any atom is -0.454 e. The molecule has 4 nitrogen and oxygen atoms in total. The Morgan fingerprint density at radius 1 is 1.39 bits per heavy atom. The van der Waals surface area contributed by atoms with Crippen LogP contribution in [0.1, 0.15) is 37.8 Å². The zero-order valence-corrected chi connectivity index (χ0v) is 11.9. The number of ether oxygens (including phenoxy) is 2. The second kappa shape index (κ2) is 5.91. The van der Waals surface area contributed by atoms with Crippen molar-refractivity contribution in [3.63, 3.8) is 0 Å². The summed E-state index contributed by atoms with van der Waals surface area (Å²) in [5.41, 5.74) is 6.95. The quantitative estimate of drug-likeness (QED) is 0.877. The highest BCUT2D eigenvalue weighted by molar-refractivity contribution is 9.10. The standard InChI is InChI=1S/C13H18BrNO3/c1-2-3-4-10(16)13(15)8-5-11-12(6-9(8)14)18-7-17-11/h5-6,10,13,16H,2-4,7,15H2,1H3/t10-,13+/m0/s1. The zero-order valence-electron chi connectivity index (χ0n) is 10.4. The van der Waals surface area contributed by atoms with E-state index in [9.17, 15) is 5.11 Å². The summed E-state index contributed by atoms with van der Waals surface area (Å²) in [6, 6.07) is 3.26. The van der Waals surface area contributed by atoms with E-state index < -0.39 is 12.1 Å². The van der Waals surface area contributed by atoms with Crippen LogP contribution in [0.5, 0.6) is 11.5 Å². The van der Waals surface area contributed by atoms with E-state index in [2.05, 4.69) is 22.9 Å². The van der Waals surface area contributed by atoms with Crippen LogP contribution in [0.4, 0.5) is 0 Å². The third kappa shape index (κ3) is 2.79. The highest BCUT2D eigenvalue weighted by Gasteiger charge is 2.23. The van der Waals surface area contributed by atoms with Gasteiger partial charge in [0.2, 0.25) is 6.79 Å². The molecule has 3 N–H and O–H groups in total. The van der Waals surface area contributed by atoms with Crippen molar-refractivity contribution in [1.82, 2.24) is 0 Å². The minimum absolute atomic E-state index is 0.235. The van der Waals surface area contributed by atoms with Crippen molar-refractivity contribution in [2.45, 2.75) is 38.3 Å². The second-order valence-electron chi connectivity index (χ2n) is 4.46. The fraction of sp³-hybridized carbons (Fsp3) is 0.538. The van der Waals surface area contributed by atoms with Crippen molar-refractivity contribution in [3.05, 3.63) is 22.2 Å². The first-order valence-electron chi connectivity index (χ1n) is 6.16. The number of hydrogen-bond donors (Lipinski definition) is 2. The minimum atomic E-state index is -0.540. The first kappa shape index (κ1) is 13.6. The molecule has 1 aliphatic rings. The molecule has 2 rings (SSSR count). The Balaban J connectivity index is 2.17. The van der Waals surface area contributed by atoms with Gasteiger partial charge >= 0.3 is 0 Å². The molecular weight excluding hydrogens is 298 g/mol. The summed E-state index contributed by atoms with van der Waals surface area (Å²) < 4.78 is 11.5. The number of aliphatic hydroxyl groups excluding tert-OH is 1. The maximum Gasteiger partial charge on any atom is 0.231 e. The first-order chi connectivity index (χ1) is 8.63. The SMILES string of the molecule is CCCC[C@H](O)[C@H](N)c1cc2c(cc1Br)OCO2. The Labute approximate surface area is 115 Å². The van der Waals surface area contributed by atoms with Crippen LogP contribution >= 0.6 is 15.9 Å². The lowest BCUT2D eigenvalue weighted by Crippen LogP contribution is -2.26. The molecule has 0 aliphatic carbocycles. The van der Waals surface area contributed by atoms with Gasteiger partial charge in [0.1, 0.15) is 0 Å². The van der Waals surface area contributed by atoms with Gasteiger partial charge in [0.25, 0.3) is 0 Å². The molecule has 2 atom stereocenters. The Morgan fingerprint density at radius 2 is 2.06 bits per heavy atom. The number of unbranched alkanes of at least 4 members (excludes halogenated alkanes) is 1. The second-order valence-corrected chi connectivity index (χ2v) is 5.32. The van der Waals surface area contributed by atoms with Crippen LogP contribution in [-0.4, -0.2) is 18.0 Å². The topological polar surface area (TPSA) is 64.7 Å². The van der Waals surface area contributed by atoms with Crippen molar-refractivity contribution < 1.29 is 14.6 Å². The highest BCUT2D eigenvalue weighted by atomic mass is 79.9. The van der Waals surface area contributed by atoms with Gasteiger partial charge in [-0.2, -0.15) is 0 Å².